The fourth-order valence-electron chi connectivity index (χ4n) is 4.70. The average molecular weight is 568 g/mol. The zero-order chi connectivity index (χ0) is 28.4. The van der Waals surface area contributed by atoms with Gasteiger partial charge >= 0.3 is 0 Å². The number of fused-ring (bicyclic) bond motifs is 2. The molecule has 0 saturated carbocycles. The van der Waals surface area contributed by atoms with Gasteiger partial charge in [-0.2, -0.15) is 0 Å². The summed E-state index contributed by atoms with van der Waals surface area (Å²) in [6, 6.07) is 19.5. The van der Waals surface area contributed by atoms with E-state index in [1.54, 1.807) is 12.5 Å². The fraction of sp³-hybridized carbons (Fsp3) is 0.194. The highest BCUT2D eigenvalue weighted by molar-refractivity contribution is 7.90. The Bertz CT molecular complexity index is 1960. The van der Waals surface area contributed by atoms with Gasteiger partial charge in [-0.15, -0.1) is 0 Å². The highest BCUT2D eigenvalue weighted by atomic mass is 32.2. The number of aromatic nitrogens is 4. The molecule has 4 heterocycles. The maximum Gasteiger partial charge on any atom is 0.147 e. The molecule has 0 aliphatic carbocycles. The van der Waals surface area contributed by atoms with E-state index in [0.29, 0.717) is 18.7 Å². The first kappa shape index (κ1) is 26.5. The van der Waals surface area contributed by atoms with E-state index < -0.39 is 9.84 Å². The predicted octanol–water partition coefficient (Wildman–Crippen LogP) is 6.75. The SMILES string of the molecule is Cc1cc(Nc2ncnc3ccc(-c4ccc(CCCCS(C)(=O)=O)o4)cc23)ccc1Oc1ccn2ccnc2c1. The molecule has 0 fully saturated rings. The highest BCUT2D eigenvalue weighted by Crippen LogP contribution is 2.32. The van der Waals surface area contributed by atoms with Crippen LogP contribution in [0.25, 0.3) is 27.9 Å². The molecule has 1 N–H and O–H groups in total. The van der Waals surface area contributed by atoms with Crippen molar-refractivity contribution in [2.45, 2.75) is 26.2 Å². The Morgan fingerprint density at radius 3 is 2.71 bits per heavy atom. The molecule has 4 aromatic heterocycles. The molecule has 10 heteroatoms. The molecular formula is C31H29N5O4S. The summed E-state index contributed by atoms with van der Waals surface area (Å²) in [5, 5.41) is 4.29. The summed E-state index contributed by atoms with van der Waals surface area (Å²) in [6.07, 6.45) is 10.4. The van der Waals surface area contributed by atoms with Crippen LogP contribution in [0.2, 0.25) is 0 Å². The van der Waals surface area contributed by atoms with Gasteiger partial charge in [0.2, 0.25) is 0 Å². The minimum absolute atomic E-state index is 0.193. The van der Waals surface area contributed by atoms with Crippen molar-refractivity contribution in [3.8, 4) is 22.8 Å². The molecule has 0 saturated heterocycles. The van der Waals surface area contributed by atoms with Crippen molar-refractivity contribution >= 4 is 37.9 Å². The molecule has 6 rings (SSSR count). The van der Waals surface area contributed by atoms with E-state index in [1.807, 2.05) is 84.4 Å². The number of hydrogen-bond donors (Lipinski definition) is 1. The van der Waals surface area contributed by atoms with Crippen molar-refractivity contribution in [2.24, 2.45) is 0 Å². The lowest BCUT2D eigenvalue weighted by molar-refractivity contribution is 0.478. The third kappa shape index (κ3) is 6.22. The van der Waals surface area contributed by atoms with Gasteiger partial charge in [0.05, 0.1) is 5.52 Å². The highest BCUT2D eigenvalue weighted by Gasteiger charge is 2.11. The van der Waals surface area contributed by atoms with Gasteiger partial charge in [0.25, 0.3) is 0 Å². The Labute approximate surface area is 237 Å². The maximum absolute atomic E-state index is 11.4. The Balaban J connectivity index is 1.18. The second kappa shape index (κ2) is 11.1. The van der Waals surface area contributed by atoms with Gasteiger partial charge in [0, 0.05) is 59.7 Å². The van der Waals surface area contributed by atoms with Crippen LogP contribution in [0.3, 0.4) is 0 Å². The number of hydrogen-bond acceptors (Lipinski definition) is 8. The number of nitrogens with zero attached hydrogens (tertiary/aromatic N) is 4. The molecule has 0 spiro atoms. The van der Waals surface area contributed by atoms with Crippen LogP contribution in [0.4, 0.5) is 11.5 Å². The number of anilines is 2. The Hall–Kier alpha value is -4.70. The second-order valence-electron chi connectivity index (χ2n) is 10.1. The third-order valence-corrected chi connectivity index (χ3v) is 7.83. The van der Waals surface area contributed by atoms with E-state index in [2.05, 4.69) is 20.3 Å². The van der Waals surface area contributed by atoms with Crippen LogP contribution in [-0.4, -0.2) is 39.8 Å². The van der Waals surface area contributed by atoms with E-state index in [0.717, 1.165) is 62.8 Å². The van der Waals surface area contributed by atoms with Crippen molar-refractivity contribution in [1.82, 2.24) is 19.4 Å². The molecule has 0 unspecified atom stereocenters. The number of furan rings is 1. The first-order valence-corrected chi connectivity index (χ1v) is 15.4. The maximum atomic E-state index is 11.4. The predicted molar refractivity (Wildman–Crippen MR) is 160 cm³/mol. The van der Waals surface area contributed by atoms with Gasteiger partial charge in [0.1, 0.15) is 50.6 Å². The summed E-state index contributed by atoms with van der Waals surface area (Å²) >= 11 is 0. The number of imidazole rings is 1. The number of rotatable bonds is 10. The molecule has 0 amide bonds. The van der Waals surface area contributed by atoms with Crippen LogP contribution in [0.1, 0.15) is 24.2 Å². The first-order valence-electron chi connectivity index (χ1n) is 13.3. The lowest BCUT2D eigenvalue weighted by Crippen LogP contribution is -2.02. The summed E-state index contributed by atoms with van der Waals surface area (Å²) in [6.45, 7) is 2.00. The van der Waals surface area contributed by atoms with Crippen LogP contribution >= 0.6 is 0 Å². The average Bonchev–Trinajstić information content (AvgIpc) is 3.62. The minimum atomic E-state index is -2.94. The van der Waals surface area contributed by atoms with Crippen molar-refractivity contribution in [1.29, 1.82) is 0 Å². The van der Waals surface area contributed by atoms with Crippen LogP contribution in [-0.2, 0) is 16.3 Å². The number of unbranched alkanes of at least 4 members (excludes halogenated alkanes) is 1. The minimum Gasteiger partial charge on any atom is -0.461 e. The number of nitrogens with one attached hydrogen (secondary N) is 1. The smallest absolute Gasteiger partial charge is 0.147 e. The second-order valence-corrected chi connectivity index (χ2v) is 12.3. The normalized spacial score (nSPS) is 11.8. The quantitative estimate of drug-likeness (QED) is 0.181. The largest absolute Gasteiger partial charge is 0.461 e. The van der Waals surface area contributed by atoms with Crippen molar-refractivity contribution < 1.29 is 17.6 Å². The number of ether oxygens (including phenoxy) is 1. The van der Waals surface area contributed by atoms with E-state index in [-0.39, 0.29) is 5.75 Å². The Morgan fingerprint density at radius 1 is 0.951 bits per heavy atom. The summed E-state index contributed by atoms with van der Waals surface area (Å²) in [4.78, 5) is 13.3. The number of benzene rings is 2. The van der Waals surface area contributed by atoms with Crippen LogP contribution < -0.4 is 10.1 Å². The molecule has 6 aromatic rings. The molecule has 0 bridgehead atoms. The first-order chi connectivity index (χ1) is 19.8. The number of aryl methyl sites for hydroxylation is 2. The number of pyridine rings is 1. The van der Waals surface area contributed by atoms with E-state index in [4.69, 9.17) is 9.15 Å². The van der Waals surface area contributed by atoms with E-state index >= 15 is 0 Å². The van der Waals surface area contributed by atoms with Crippen LogP contribution in [0, 0.1) is 6.92 Å². The Morgan fingerprint density at radius 2 is 1.85 bits per heavy atom. The standard InChI is InChI=1S/C31H29N5O4S/c1-21-17-23(7-10-28(21)40-25-12-14-36-15-13-32-30(36)19-25)35-31-26-18-22(6-9-27(26)33-20-34-31)29-11-8-24(39-29)5-3-4-16-41(2,37)38/h6-15,17-20H,3-5,16H2,1-2H3,(H,33,34,35). The van der Waals surface area contributed by atoms with Gasteiger partial charge in [-0.25, -0.2) is 23.4 Å². The zero-order valence-corrected chi connectivity index (χ0v) is 23.6. The van der Waals surface area contributed by atoms with Gasteiger partial charge in [-0.1, -0.05) is 0 Å². The lowest BCUT2D eigenvalue weighted by atomic mass is 10.1. The summed E-state index contributed by atoms with van der Waals surface area (Å²) < 4.78 is 36.9. The van der Waals surface area contributed by atoms with E-state index in [1.165, 1.54) is 6.26 Å². The summed E-state index contributed by atoms with van der Waals surface area (Å²) in [5.74, 6) is 3.92. The van der Waals surface area contributed by atoms with Crippen molar-refractivity contribution in [2.75, 3.05) is 17.3 Å². The van der Waals surface area contributed by atoms with E-state index in [9.17, 15) is 8.42 Å². The molecule has 2 aromatic carbocycles. The zero-order valence-electron chi connectivity index (χ0n) is 22.7. The van der Waals surface area contributed by atoms with Crippen molar-refractivity contribution in [3.63, 3.8) is 0 Å². The van der Waals surface area contributed by atoms with Gasteiger partial charge < -0.3 is 18.9 Å². The molecular weight excluding hydrogens is 538 g/mol. The molecule has 9 nitrogen and oxygen atoms in total. The van der Waals surface area contributed by atoms with Crippen LogP contribution in [0.5, 0.6) is 11.5 Å². The molecule has 208 valence electrons. The molecule has 0 aliphatic rings. The van der Waals surface area contributed by atoms with Gasteiger partial charge in [-0.3, -0.25) is 0 Å². The fourth-order valence-corrected chi connectivity index (χ4v) is 5.43. The molecule has 0 atom stereocenters. The van der Waals surface area contributed by atoms with Gasteiger partial charge in [0.15, 0.2) is 0 Å². The van der Waals surface area contributed by atoms with Gasteiger partial charge in [-0.05, 0) is 79.9 Å². The van der Waals surface area contributed by atoms with Crippen LogP contribution in [0.15, 0.2) is 90.0 Å². The summed E-state index contributed by atoms with van der Waals surface area (Å²) in [7, 11) is -2.94. The lowest BCUT2D eigenvalue weighted by Gasteiger charge is -2.13. The van der Waals surface area contributed by atoms with Crippen molar-refractivity contribution in [3.05, 3.63) is 96.9 Å². The topological polar surface area (TPSA) is 112 Å². The molecule has 41 heavy (non-hydrogen) atoms. The Kier molecular flexibility index (Phi) is 7.15. The monoisotopic (exact) mass is 567 g/mol. The number of sulfone groups is 1. The summed E-state index contributed by atoms with van der Waals surface area (Å²) in [5.41, 5.74) is 4.39. The third-order valence-electron chi connectivity index (χ3n) is 6.80. The molecule has 0 aliphatic heterocycles. The molecule has 0 radical (unpaired) electrons.